The van der Waals surface area contributed by atoms with Crippen molar-refractivity contribution in [3.05, 3.63) is 82.1 Å². The largest absolute Gasteiger partial charge is 0.496 e. The average Bonchev–Trinajstić information content (AvgIpc) is 2.85. The lowest BCUT2D eigenvalue weighted by molar-refractivity contribution is -0.136. The van der Waals surface area contributed by atoms with Gasteiger partial charge in [0.2, 0.25) is 0 Å². The molecule has 3 aromatic carbocycles. The minimum absolute atomic E-state index is 0.114. The second-order valence-corrected chi connectivity index (χ2v) is 10.6. The summed E-state index contributed by atoms with van der Waals surface area (Å²) in [6.07, 6.45) is -0.344. The monoisotopic (exact) mass is 507 g/mol. The molecule has 4 aromatic rings. The van der Waals surface area contributed by atoms with Gasteiger partial charge < -0.3 is 9.84 Å². The maximum atomic E-state index is 13.2. The third-order valence-corrected chi connectivity index (χ3v) is 8.16. The number of benzene rings is 3. The number of carbonyl (C=O) groups is 1. The number of rotatable bonds is 8. The van der Waals surface area contributed by atoms with Crippen molar-refractivity contribution in [1.82, 2.24) is 15.0 Å². The normalized spacial score (nSPS) is 12.4. The summed E-state index contributed by atoms with van der Waals surface area (Å²) in [5.74, 6) is -0.755. The lowest BCUT2D eigenvalue weighted by Gasteiger charge is -2.15. The Morgan fingerprint density at radius 1 is 1.03 bits per heavy atom. The minimum Gasteiger partial charge on any atom is -0.496 e. The summed E-state index contributed by atoms with van der Waals surface area (Å²) in [5.41, 5.74) is 3.40. The number of aryl methyl sites for hydroxylation is 3. The first kappa shape index (κ1) is 25.1. The van der Waals surface area contributed by atoms with E-state index in [1.165, 1.54) is 12.1 Å². The number of aliphatic carboxylic acids is 1. The number of fused-ring (bicyclic) bond motifs is 1. The quantitative estimate of drug-likeness (QED) is 0.384. The zero-order valence-corrected chi connectivity index (χ0v) is 20.8. The van der Waals surface area contributed by atoms with Gasteiger partial charge in [-0.25, -0.2) is 13.1 Å². The van der Waals surface area contributed by atoms with Crippen LogP contribution in [0.25, 0.3) is 22.0 Å². The van der Waals surface area contributed by atoms with E-state index in [1.54, 1.807) is 37.4 Å². The molecule has 1 heterocycles. The number of sulfone groups is 1. The Hall–Kier alpha value is -4.05. The first-order valence-electron chi connectivity index (χ1n) is 11.2. The van der Waals surface area contributed by atoms with Gasteiger partial charge in [0.25, 0.3) is 5.56 Å². The number of hydrogen-bond acceptors (Lipinski definition) is 7. The average molecular weight is 508 g/mol. The fourth-order valence-corrected chi connectivity index (χ4v) is 5.57. The standard InChI is InChI=1S/C26H25N3O6S/c1-16-4-10-22-21(14-16)25(30)29(28-27-22)13-12-24(26(31)32)36(33,34)20-8-5-18(6-9-20)19-7-11-23(35-3)17(2)15-19/h4-11,14-15,24H,12-13H2,1-3H3,(H,31,32). The molecule has 4 rings (SSSR count). The van der Waals surface area contributed by atoms with E-state index >= 15 is 0 Å². The summed E-state index contributed by atoms with van der Waals surface area (Å²) in [5, 5.41) is 16.1. The molecule has 0 aliphatic rings. The Kier molecular flexibility index (Phi) is 6.89. The van der Waals surface area contributed by atoms with Gasteiger partial charge in [-0.1, -0.05) is 35.0 Å². The van der Waals surface area contributed by atoms with Gasteiger partial charge >= 0.3 is 5.97 Å². The molecule has 36 heavy (non-hydrogen) atoms. The SMILES string of the molecule is COc1ccc(-c2ccc(S(=O)(=O)C(CCn3nnc4ccc(C)cc4c3=O)C(=O)O)cc2)cc1C. The Bertz CT molecular complexity index is 1610. The topological polar surface area (TPSA) is 128 Å². The van der Waals surface area contributed by atoms with Gasteiger partial charge in [-0.15, -0.1) is 5.10 Å². The molecule has 0 fully saturated rings. The highest BCUT2D eigenvalue weighted by Gasteiger charge is 2.34. The van der Waals surface area contributed by atoms with Gasteiger partial charge in [0, 0.05) is 6.54 Å². The summed E-state index contributed by atoms with van der Waals surface area (Å²) in [4.78, 5) is 24.6. The maximum Gasteiger partial charge on any atom is 0.322 e. The third-order valence-electron chi connectivity index (χ3n) is 6.04. The number of carboxylic acids is 1. The van der Waals surface area contributed by atoms with Crippen LogP contribution >= 0.6 is 0 Å². The van der Waals surface area contributed by atoms with Crippen LogP contribution in [0.3, 0.4) is 0 Å². The van der Waals surface area contributed by atoms with Crippen molar-refractivity contribution in [3.8, 4) is 16.9 Å². The van der Waals surface area contributed by atoms with Crippen molar-refractivity contribution in [2.45, 2.75) is 37.0 Å². The number of hydrogen-bond donors (Lipinski definition) is 1. The number of aromatic nitrogens is 3. The van der Waals surface area contributed by atoms with E-state index < -0.39 is 26.6 Å². The van der Waals surface area contributed by atoms with E-state index in [1.807, 2.05) is 32.0 Å². The molecule has 0 bridgehead atoms. The summed E-state index contributed by atoms with van der Waals surface area (Å²) >= 11 is 0. The number of carboxylic acid groups (broad SMARTS) is 1. The smallest absolute Gasteiger partial charge is 0.322 e. The van der Waals surface area contributed by atoms with Crippen LogP contribution in [-0.4, -0.2) is 46.8 Å². The van der Waals surface area contributed by atoms with E-state index in [4.69, 9.17) is 4.74 Å². The van der Waals surface area contributed by atoms with E-state index in [0.717, 1.165) is 32.7 Å². The van der Waals surface area contributed by atoms with E-state index in [-0.39, 0.29) is 17.9 Å². The van der Waals surface area contributed by atoms with Crippen LogP contribution in [0.1, 0.15) is 17.5 Å². The molecule has 0 amide bonds. The van der Waals surface area contributed by atoms with Gasteiger partial charge in [-0.3, -0.25) is 9.59 Å². The van der Waals surface area contributed by atoms with Crippen LogP contribution in [0.2, 0.25) is 0 Å². The molecule has 0 saturated carbocycles. The molecular weight excluding hydrogens is 482 g/mol. The van der Waals surface area contributed by atoms with Crippen LogP contribution in [0.5, 0.6) is 5.75 Å². The van der Waals surface area contributed by atoms with Crippen molar-refractivity contribution < 1.29 is 23.1 Å². The second kappa shape index (κ2) is 9.90. The maximum absolute atomic E-state index is 13.2. The molecule has 9 nitrogen and oxygen atoms in total. The second-order valence-electron chi connectivity index (χ2n) is 8.51. The molecular formula is C26H25N3O6S. The Morgan fingerprint density at radius 2 is 1.72 bits per heavy atom. The fraction of sp³-hybridized carbons (Fsp3) is 0.231. The van der Waals surface area contributed by atoms with Crippen LogP contribution in [0.15, 0.2) is 70.4 Å². The lowest BCUT2D eigenvalue weighted by atomic mass is 10.0. The van der Waals surface area contributed by atoms with E-state index in [9.17, 15) is 23.1 Å². The van der Waals surface area contributed by atoms with Crippen molar-refractivity contribution in [3.63, 3.8) is 0 Å². The van der Waals surface area contributed by atoms with Crippen LogP contribution in [0, 0.1) is 13.8 Å². The molecule has 0 saturated heterocycles. The van der Waals surface area contributed by atoms with Gasteiger partial charge in [0.1, 0.15) is 11.3 Å². The Morgan fingerprint density at radius 3 is 2.36 bits per heavy atom. The summed E-state index contributed by atoms with van der Waals surface area (Å²) in [7, 11) is -2.65. The Labute approximate surface area is 207 Å². The van der Waals surface area contributed by atoms with Gasteiger partial charge in [0.15, 0.2) is 15.1 Å². The minimum atomic E-state index is -4.23. The number of ether oxygens (including phenoxy) is 1. The summed E-state index contributed by atoms with van der Waals surface area (Å²) in [6.45, 7) is 3.53. The molecule has 0 aliphatic heterocycles. The summed E-state index contributed by atoms with van der Waals surface area (Å²) < 4.78 is 32.7. The third kappa shape index (κ3) is 4.85. The highest BCUT2D eigenvalue weighted by molar-refractivity contribution is 7.92. The zero-order chi connectivity index (χ0) is 26.0. The Balaban J connectivity index is 1.58. The van der Waals surface area contributed by atoms with Crippen LogP contribution in [0.4, 0.5) is 0 Å². The molecule has 0 radical (unpaired) electrons. The lowest BCUT2D eigenvalue weighted by Crippen LogP contribution is -2.34. The van der Waals surface area contributed by atoms with Crippen molar-refractivity contribution in [2.75, 3.05) is 7.11 Å². The molecule has 1 aromatic heterocycles. The number of methoxy groups -OCH3 is 1. The van der Waals surface area contributed by atoms with E-state index in [0.29, 0.717) is 10.9 Å². The van der Waals surface area contributed by atoms with E-state index in [2.05, 4.69) is 10.3 Å². The predicted octanol–water partition coefficient (Wildman–Crippen LogP) is 3.40. The van der Waals surface area contributed by atoms with Crippen molar-refractivity contribution >= 4 is 26.7 Å². The predicted molar refractivity (Wildman–Crippen MR) is 135 cm³/mol. The molecule has 1 atom stereocenters. The molecule has 1 N–H and O–H groups in total. The van der Waals surface area contributed by atoms with Crippen LogP contribution in [-0.2, 0) is 21.2 Å². The van der Waals surface area contributed by atoms with Gasteiger partial charge in [0.05, 0.1) is 17.4 Å². The first-order valence-corrected chi connectivity index (χ1v) is 12.7. The number of nitrogens with zero attached hydrogens (tertiary/aromatic N) is 3. The fourth-order valence-electron chi connectivity index (χ4n) is 4.05. The molecule has 10 heteroatoms. The summed E-state index contributed by atoms with van der Waals surface area (Å²) in [6, 6.07) is 16.8. The molecule has 1 unspecified atom stereocenters. The zero-order valence-electron chi connectivity index (χ0n) is 20.0. The molecule has 0 aliphatic carbocycles. The molecule has 186 valence electrons. The van der Waals surface area contributed by atoms with Crippen LogP contribution < -0.4 is 10.3 Å². The highest BCUT2D eigenvalue weighted by atomic mass is 32.2. The van der Waals surface area contributed by atoms with Gasteiger partial charge in [-0.05, 0) is 73.4 Å². The van der Waals surface area contributed by atoms with Crippen molar-refractivity contribution in [1.29, 1.82) is 0 Å². The molecule has 0 spiro atoms. The first-order chi connectivity index (χ1) is 17.1. The van der Waals surface area contributed by atoms with Crippen molar-refractivity contribution in [2.24, 2.45) is 0 Å². The highest BCUT2D eigenvalue weighted by Crippen LogP contribution is 2.28. The van der Waals surface area contributed by atoms with Gasteiger partial charge in [-0.2, -0.15) is 0 Å².